The van der Waals surface area contributed by atoms with Crippen molar-refractivity contribution in [2.75, 3.05) is 0 Å². The van der Waals surface area contributed by atoms with Crippen LogP contribution in [0.3, 0.4) is 0 Å². The van der Waals surface area contributed by atoms with Gasteiger partial charge in [0.15, 0.2) is 0 Å². The van der Waals surface area contributed by atoms with Crippen LogP contribution in [-0.2, 0) is 13.1 Å². The van der Waals surface area contributed by atoms with Crippen LogP contribution < -0.4 is 5.32 Å². The average Bonchev–Trinajstić information content (AvgIpc) is 2.39. The molecule has 0 aliphatic heterocycles. The fourth-order valence-electron chi connectivity index (χ4n) is 1.64. The van der Waals surface area contributed by atoms with Crippen molar-refractivity contribution in [3.05, 3.63) is 64.4 Å². The number of aromatic carboxylic acids is 1. The van der Waals surface area contributed by atoms with Crippen LogP contribution in [0.1, 0.15) is 21.6 Å². The molecule has 19 heavy (non-hydrogen) atoms. The number of rotatable bonds is 5. The summed E-state index contributed by atoms with van der Waals surface area (Å²) >= 11 is 5.89. The molecule has 0 saturated heterocycles. The van der Waals surface area contributed by atoms with E-state index in [-0.39, 0.29) is 5.56 Å². The third kappa shape index (κ3) is 4.05. The van der Waals surface area contributed by atoms with Crippen molar-refractivity contribution in [3.8, 4) is 0 Å². The summed E-state index contributed by atoms with van der Waals surface area (Å²) in [4.78, 5) is 14.8. The first-order valence-electron chi connectivity index (χ1n) is 5.78. The maximum Gasteiger partial charge on any atom is 0.337 e. The van der Waals surface area contributed by atoms with Gasteiger partial charge < -0.3 is 10.4 Å². The van der Waals surface area contributed by atoms with Crippen molar-refractivity contribution in [1.29, 1.82) is 0 Å². The molecule has 4 nitrogen and oxygen atoms in total. The van der Waals surface area contributed by atoms with Crippen molar-refractivity contribution < 1.29 is 9.90 Å². The molecule has 1 heterocycles. The molecule has 98 valence electrons. The van der Waals surface area contributed by atoms with E-state index in [9.17, 15) is 4.79 Å². The predicted octanol–water partition coefficient (Wildman–Crippen LogP) is 2.72. The van der Waals surface area contributed by atoms with E-state index in [0.717, 1.165) is 11.3 Å². The van der Waals surface area contributed by atoms with Crippen molar-refractivity contribution in [2.45, 2.75) is 13.1 Å². The summed E-state index contributed by atoms with van der Waals surface area (Å²) in [6, 6.07) is 10.9. The third-order valence-corrected chi connectivity index (χ3v) is 2.83. The number of hydrogen-bond acceptors (Lipinski definition) is 3. The SMILES string of the molecule is O=C(O)c1ccc(CNCc2cccc(Cl)c2)nc1. The lowest BCUT2D eigenvalue weighted by molar-refractivity contribution is 0.0696. The first kappa shape index (κ1) is 13.5. The molecule has 2 N–H and O–H groups in total. The summed E-state index contributed by atoms with van der Waals surface area (Å²) in [6.45, 7) is 1.26. The smallest absolute Gasteiger partial charge is 0.337 e. The fraction of sp³-hybridized carbons (Fsp3) is 0.143. The molecule has 1 aromatic carbocycles. The molecule has 2 aromatic rings. The number of hydrogen-bond donors (Lipinski definition) is 2. The number of nitrogens with zero attached hydrogens (tertiary/aromatic N) is 1. The Labute approximate surface area is 116 Å². The van der Waals surface area contributed by atoms with Crippen LogP contribution in [0.5, 0.6) is 0 Å². The minimum atomic E-state index is -0.967. The topological polar surface area (TPSA) is 62.2 Å². The van der Waals surface area contributed by atoms with Crippen molar-refractivity contribution in [2.24, 2.45) is 0 Å². The Morgan fingerprint density at radius 1 is 1.26 bits per heavy atom. The van der Waals surface area contributed by atoms with Crippen LogP contribution in [0.15, 0.2) is 42.6 Å². The normalized spacial score (nSPS) is 10.4. The molecule has 1 aromatic heterocycles. The highest BCUT2D eigenvalue weighted by Gasteiger charge is 2.02. The van der Waals surface area contributed by atoms with Gasteiger partial charge in [0, 0.05) is 24.3 Å². The summed E-state index contributed by atoms with van der Waals surface area (Å²) in [5.41, 5.74) is 2.08. The van der Waals surface area contributed by atoms with Gasteiger partial charge in [-0.15, -0.1) is 0 Å². The monoisotopic (exact) mass is 276 g/mol. The second-order valence-corrected chi connectivity index (χ2v) is 4.51. The highest BCUT2D eigenvalue weighted by Crippen LogP contribution is 2.10. The molecule has 5 heteroatoms. The van der Waals surface area contributed by atoms with E-state index in [2.05, 4.69) is 10.3 Å². The first-order valence-corrected chi connectivity index (χ1v) is 6.16. The number of benzene rings is 1. The van der Waals surface area contributed by atoms with E-state index >= 15 is 0 Å². The second-order valence-electron chi connectivity index (χ2n) is 4.08. The first-order chi connectivity index (χ1) is 9.15. The number of aromatic nitrogens is 1. The van der Waals surface area contributed by atoms with Crippen LogP contribution in [-0.4, -0.2) is 16.1 Å². The molecular weight excluding hydrogens is 264 g/mol. The molecule has 0 fully saturated rings. The van der Waals surface area contributed by atoms with E-state index < -0.39 is 5.97 Å². The van der Waals surface area contributed by atoms with E-state index in [0.29, 0.717) is 18.1 Å². The maximum atomic E-state index is 10.7. The largest absolute Gasteiger partial charge is 0.478 e. The molecule has 0 amide bonds. The molecule has 0 saturated carbocycles. The van der Waals surface area contributed by atoms with Gasteiger partial charge in [0.25, 0.3) is 0 Å². The highest BCUT2D eigenvalue weighted by atomic mass is 35.5. The molecule has 0 atom stereocenters. The number of halogens is 1. The third-order valence-electron chi connectivity index (χ3n) is 2.60. The van der Waals surface area contributed by atoms with Crippen molar-refractivity contribution in [3.63, 3.8) is 0 Å². The van der Waals surface area contributed by atoms with Gasteiger partial charge in [-0.25, -0.2) is 4.79 Å². The minimum Gasteiger partial charge on any atom is -0.478 e. The number of pyridine rings is 1. The molecular formula is C14H13ClN2O2. The summed E-state index contributed by atoms with van der Waals surface area (Å²) in [5.74, 6) is -0.967. The summed E-state index contributed by atoms with van der Waals surface area (Å²) in [5, 5.41) is 12.7. The van der Waals surface area contributed by atoms with E-state index in [1.807, 2.05) is 24.3 Å². The molecule has 0 aliphatic carbocycles. The van der Waals surface area contributed by atoms with Gasteiger partial charge in [0.1, 0.15) is 0 Å². The van der Waals surface area contributed by atoms with E-state index in [1.165, 1.54) is 6.20 Å². The molecule has 0 unspecified atom stereocenters. The number of nitrogens with one attached hydrogen (secondary N) is 1. The van der Waals surface area contributed by atoms with Gasteiger partial charge >= 0.3 is 5.97 Å². The Balaban J connectivity index is 1.87. The Kier molecular flexibility index (Phi) is 4.49. The standard InChI is InChI=1S/C14H13ClN2O2/c15-12-3-1-2-10(6-12)7-16-9-13-5-4-11(8-17-13)14(18)19/h1-6,8,16H,7,9H2,(H,18,19). The summed E-state index contributed by atoms with van der Waals surface area (Å²) < 4.78 is 0. The van der Waals surface area contributed by atoms with Gasteiger partial charge in [-0.2, -0.15) is 0 Å². The van der Waals surface area contributed by atoms with Gasteiger partial charge in [0.05, 0.1) is 11.3 Å². The predicted molar refractivity (Wildman–Crippen MR) is 73.2 cm³/mol. The second kappa shape index (κ2) is 6.31. The van der Waals surface area contributed by atoms with Gasteiger partial charge in [-0.05, 0) is 29.8 Å². The summed E-state index contributed by atoms with van der Waals surface area (Å²) in [6.07, 6.45) is 1.36. The molecule has 0 spiro atoms. The van der Waals surface area contributed by atoms with Gasteiger partial charge in [0.2, 0.25) is 0 Å². The Hall–Kier alpha value is -1.91. The lowest BCUT2D eigenvalue weighted by atomic mass is 10.2. The van der Waals surface area contributed by atoms with Gasteiger partial charge in [-0.1, -0.05) is 23.7 Å². The van der Waals surface area contributed by atoms with Crippen molar-refractivity contribution in [1.82, 2.24) is 10.3 Å². The number of carboxylic acid groups (broad SMARTS) is 1. The Morgan fingerprint density at radius 2 is 2.11 bits per heavy atom. The van der Waals surface area contributed by atoms with Crippen LogP contribution in [0.4, 0.5) is 0 Å². The zero-order valence-electron chi connectivity index (χ0n) is 10.1. The lowest BCUT2D eigenvalue weighted by Gasteiger charge is -2.05. The number of carboxylic acids is 1. The zero-order chi connectivity index (χ0) is 13.7. The lowest BCUT2D eigenvalue weighted by Crippen LogP contribution is -2.13. The molecule has 0 aliphatic rings. The minimum absolute atomic E-state index is 0.193. The number of carbonyl (C=O) groups is 1. The van der Waals surface area contributed by atoms with Crippen LogP contribution >= 0.6 is 11.6 Å². The maximum absolute atomic E-state index is 10.7. The fourth-order valence-corrected chi connectivity index (χ4v) is 1.85. The summed E-state index contributed by atoms with van der Waals surface area (Å²) in [7, 11) is 0. The quantitative estimate of drug-likeness (QED) is 0.881. The molecule has 0 radical (unpaired) electrons. The zero-order valence-corrected chi connectivity index (χ0v) is 10.9. The molecule has 2 rings (SSSR count). The highest BCUT2D eigenvalue weighted by molar-refractivity contribution is 6.30. The van der Waals surface area contributed by atoms with Crippen LogP contribution in [0.25, 0.3) is 0 Å². The van der Waals surface area contributed by atoms with Crippen molar-refractivity contribution >= 4 is 17.6 Å². The van der Waals surface area contributed by atoms with Crippen LogP contribution in [0, 0.1) is 0 Å². The molecule has 0 bridgehead atoms. The van der Waals surface area contributed by atoms with E-state index in [4.69, 9.17) is 16.7 Å². The van der Waals surface area contributed by atoms with E-state index in [1.54, 1.807) is 12.1 Å². The van der Waals surface area contributed by atoms with Gasteiger partial charge in [-0.3, -0.25) is 4.98 Å². The Bertz CT molecular complexity index is 570. The van der Waals surface area contributed by atoms with Crippen LogP contribution in [0.2, 0.25) is 5.02 Å². The average molecular weight is 277 g/mol. The Morgan fingerprint density at radius 3 is 2.74 bits per heavy atom.